The van der Waals surface area contributed by atoms with Crippen LogP contribution in [-0.2, 0) is 10.1 Å². The molecule has 0 amide bonds. The molecule has 0 aliphatic carbocycles. The molecule has 28 heavy (non-hydrogen) atoms. The van der Waals surface area contributed by atoms with Crippen molar-refractivity contribution in [2.24, 2.45) is 0 Å². The Labute approximate surface area is 168 Å². The van der Waals surface area contributed by atoms with Gasteiger partial charge in [-0.15, -0.1) is 0 Å². The number of fused-ring (bicyclic) bond motifs is 2. The van der Waals surface area contributed by atoms with Crippen molar-refractivity contribution in [2.45, 2.75) is 18.7 Å². The van der Waals surface area contributed by atoms with Crippen molar-refractivity contribution < 1.29 is 17.7 Å². The van der Waals surface area contributed by atoms with Gasteiger partial charge in [0.25, 0.3) is 10.1 Å². The number of ether oxygens (including phenoxy) is 1. The van der Waals surface area contributed by atoms with Crippen molar-refractivity contribution in [1.29, 1.82) is 0 Å². The summed E-state index contributed by atoms with van der Waals surface area (Å²) in [5.41, 5.74) is 2.14. The van der Waals surface area contributed by atoms with Crippen LogP contribution in [0.4, 0.5) is 11.4 Å². The molecule has 6 nitrogen and oxygen atoms in total. The fraction of sp³-hybridized carbons (Fsp3) is 0.150. The first-order valence-electron chi connectivity index (χ1n) is 8.68. The Bertz CT molecular complexity index is 1150. The molecule has 0 radical (unpaired) electrons. The summed E-state index contributed by atoms with van der Waals surface area (Å²) in [5, 5.41) is -0.769. The van der Waals surface area contributed by atoms with Crippen LogP contribution >= 0.6 is 11.6 Å². The van der Waals surface area contributed by atoms with E-state index < -0.39 is 15.5 Å². The summed E-state index contributed by atoms with van der Waals surface area (Å²) >= 11 is 6.36. The summed E-state index contributed by atoms with van der Waals surface area (Å²) in [5.74, 6) is 0.960. The van der Waals surface area contributed by atoms with E-state index in [4.69, 9.17) is 16.3 Å². The second-order valence-electron chi connectivity index (χ2n) is 6.30. The molecule has 2 heterocycles. The molecule has 3 aromatic rings. The normalized spacial score (nSPS) is 14.0. The number of hydrogen-bond acceptors (Lipinski definition) is 5. The molecule has 1 atom stereocenters. The summed E-state index contributed by atoms with van der Waals surface area (Å²) < 4.78 is 40.4. The number of hydrogen-bond donors (Lipinski definition) is 1. The number of nitrogens with zero attached hydrogens (tertiary/aromatic N) is 2. The average Bonchev–Trinajstić information content (AvgIpc) is 2.67. The van der Waals surface area contributed by atoms with Crippen molar-refractivity contribution in [3.63, 3.8) is 0 Å². The summed E-state index contributed by atoms with van der Waals surface area (Å²) in [6, 6.07) is 15.9. The van der Waals surface area contributed by atoms with E-state index in [1.54, 1.807) is 72.6 Å². The number of benzene rings is 2. The van der Waals surface area contributed by atoms with E-state index >= 15 is 0 Å². The lowest BCUT2D eigenvalue weighted by Crippen LogP contribution is -2.39. The van der Waals surface area contributed by atoms with E-state index in [9.17, 15) is 13.0 Å². The van der Waals surface area contributed by atoms with Crippen LogP contribution < -0.4 is 9.64 Å². The molecular formula is C20H17ClN2O4S. The molecule has 1 aromatic heterocycles. The first-order chi connectivity index (χ1) is 13.4. The van der Waals surface area contributed by atoms with Gasteiger partial charge in [0.15, 0.2) is 16.9 Å². The Morgan fingerprint density at radius 3 is 2.57 bits per heavy atom. The zero-order valence-electron chi connectivity index (χ0n) is 14.9. The second-order valence-corrected chi connectivity index (χ2v) is 8.29. The molecule has 1 unspecified atom stereocenters. The van der Waals surface area contributed by atoms with Crippen LogP contribution in [0.1, 0.15) is 13.3 Å². The summed E-state index contributed by atoms with van der Waals surface area (Å²) in [4.78, 5) is 5.96. The minimum atomic E-state index is -4.39. The van der Waals surface area contributed by atoms with E-state index in [2.05, 4.69) is 4.98 Å². The van der Waals surface area contributed by atoms with Gasteiger partial charge in [0, 0.05) is 11.8 Å². The van der Waals surface area contributed by atoms with E-state index in [1.807, 2.05) is 0 Å². The number of anilines is 2. The van der Waals surface area contributed by atoms with Gasteiger partial charge < -0.3 is 9.64 Å². The molecule has 0 fully saturated rings. The lowest BCUT2D eigenvalue weighted by atomic mass is 10.0. The van der Waals surface area contributed by atoms with Crippen LogP contribution in [0.3, 0.4) is 0 Å². The Balaban J connectivity index is 2.04. The maximum Gasteiger partial charge on any atom is 0.286 e. The van der Waals surface area contributed by atoms with E-state index in [1.165, 1.54) is 0 Å². The van der Waals surface area contributed by atoms with Gasteiger partial charge in [-0.1, -0.05) is 42.8 Å². The molecule has 0 bridgehead atoms. The molecule has 1 aliphatic rings. The highest BCUT2D eigenvalue weighted by molar-refractivity contribution is 7.86. The number of halogens is 1. The third kappa shape index (κ3) is 3.11. The van der Waals surface area contributed by atoms with Crippen LogP contribution in [0, 0.1) is 0 Å². The van der Waals surface area contributed by atoms with Gasteiger partial charge in [-0.3, -0.25) is 9.54 Å². The van der Waals surface area contributed by atoms with Gasteiger partial charge in [-0.25, -0.2) is 0 Å². The fourth-order valence-electron chi connectivity index (χ4n) is 3.44. The zero-order chi connectivity index (χ0) is 19.9. The van der Waals surface area contributed by atoms with Crippen molar-refractivity contribution in [3.8, 4) is 22.8 Å². The molecule has 0 spiro atoms. The van der Waals surface area contributed by atoms with Crippen LogP contribution in [0.15, 0.2) is 60.8 Å². The van der Waals surface area contributed by atoms with Crippen molar-refractivity contribution in [1.82, 2.24) is 4.98 Å². The lowest BCUT2D eigenvalue weighted by molar-refractivity contribution is 0.452. The minimum Gasteiger partial charge on any atom is -0.453 e. The summed E-state index contributed by atoms with van der Waals surface area (Å²) in [6.45, 7) is 1.70. The third-order valence-electron chi connectivity index (χ3n) is 4.58. The SMILES string of the molecule is CCC(N1c2ccccc2Oc2cccc(-c3ncccc3Cl)c21)S(=O)(=O)O. The monoisotopic (exact) mass is 416 g/mol. The summed E-state index contributed by atoms with van der Waals surface area (Å²) in [7, 11) is -4.39. The van der Waals surface area contributed by atoms with Gasteiger partial charge in [0.2, 0.25) is 0 Å². The zero-order valence-corrected chi connectivity index (χ0v) is 16.5. The highest BCUT2D eigenvalue weighted by Crippen LogP contribution is 2.52. The maximum absolute atomic E-state index is 12.2. The van der Waals surface area contributed by atoms with Gasteiger partial charge in [-0.05, 0) is 36.8 Å². The maximum atomic E-state index is 12.2. The van der Waals surface area contributed by atoms with E-state index in [0.29, 0.717) is 39.2 Å². The Kier molecular flexibility index (Phi) is 4.74. The first kappa shape index (κ1) is 18.7. The Hall–Kier alpha value is -2.61. The van der Waals surface area contributed by atoms with Crippen LogP contribution in [0.2, 0.25) is 5.02 Å². The van der Waals surface area contributed by atoms with Crippen molar-refractivity contribution in [2.75, 3.05) is 4.90 Å². The predicted molar refractivity (Wildman–Crippen MR) is 109 cm³/mol. The topological polar surface area (TPSA) is 79.7 Å². The molecule has 8 heteroatoms. The lowest BCUT2D eigenvalue weighted by Gasteiger charge is -2.37. The predicted octanol–water partition coefficient (Wildman–Crippen LogP) is 5.27. The molecule has 1 N–H and O–H groups in total. The number of aromatic nitrogens is 1. The van der Waals surface area contributed by atoms with Crippen molar-refractivity contribution in [3.05, 3.63) is 65.8 Å². The number of pyridine rings is 1. The molecule has 144 valence electrons. The largest absolute Gasteiger partial charge is 0.453 e. The quantitative estimate of drug-likeness (QED) is 0.583. The number of para-hydroxylation sites is 3. The average molecular weight is 417 g/mol. The Morgan fingerprint density at radius 1 is 1.11 bits per heavy atom. The van der Waals surface area contributed by atoms with Crippen molar-refractivity contribution >= 4 is 33.1 Å². The highest BCUT2D eigenvalue weighted by Gasteiger charge is 2.37. The van der Waals surface area contributed by atoms with Gasteiger partial charge >= 0.3 is 0 Å². The third-order valence-corrected chi connectivity index (χ3v) is 6.12. The smallest absolute Gasteiger partial charge is 0.286 e. The standard InChI is InChI=1S/C20H17ClN2O4S/c1-2-18(28(24,25)26)23-15-9-3-4-10-16(15)27-17-11-5-7-13(20(17)23)19-14(21)8-6-12-22-19/h3-12,18H,2H2,1H3,(H,24,25,26). The molecule has 2 aromatic carbocycles. The van der Waals surface area contributed by atoms with Crippen LogP contribution in [-0.4, -0.2) is 23.3 Å². The molecule has 1 aliphatic heterocycles. The first-order valence-corrected chi connectivity index (χ1v) is 10.6. The second kappa shape index (κ2) is 7.09. The highest BCUT2D eigenvalue weighted by atomic mass is 35.5. The van der Waals surface area contributed by atoms with E-state index in [-0.39, 0.29) is 6.42 Å². The molecule has 4 rings (SSSR count). The van der Waals surface area contributed by atoms with Crippen LogP contribution in [0.25, 0.3) is 11.3 Å². The van der Waals surface area contributed by atoms with Crippen LogP contribution in [0.5, 0.6) is 11.5 Å². The minimum absolute atomic E-state index is 0.164. The van der Waals surface area contributed by atoms with Gasteiger partial charge in [0.05, 0.1) is 22.1 Å². The molecular weight excluding hydrogens is 400 g/mol. The Morgan fingerprint density at radius 2 is 1.86 bits per heavy atom. The van der Waals surface area contributed by atoms with E-state index in [0.717, 1.165) is 0 Å². The molecule has 0 saturated carbocycles. The summed E-state index contributed by atoms with van der Waals surface area (Å²) in [6.07, 6.45) is 1.78. The molecule has 0 saturated heterocycles. The van der Waals surface area contributed by atoms with Gasteiger partial charge in [0.1, 0.15) is 0 Å². The number of rotatable bonds is 4. The van der Waals surface area contributed by atoms with Gasteiger partial charge in [-0.2, -0.15) is 8.42 Å². The fourth-order valence-corrected chi connectivity index (χ4v) is 4.57.